The summed E-state index contributed by atoms with van der Waals surface area (Å²) >= 11 is 0. The lowest BCUT2D eigenvalue weighted by atomic mass is 10.1. The third-order valence-electron chi connectivity index (χ3n) is 2.67. The second-order valence-electron chi connectivity index (χ2n) is 4.15. The molecule has 86 valence electrons. The third-order valence-corrected chi connectivity index (χ3v) is 2.67. The molecule has 0 radical (unpaired) electrons. The van der Waals surface area contributed by atoms with Gasteiger partial charge in [-0.15, -0.1) is 0 Å². The van der Waals surface area contributed by atoms with Crippen LogP contribution in [0.15, 0.2) is 41.5 Å². The summed E-state index contributed by atoms with van der Waals surface area (Å²) in [5.74, 6) is 0.871. The topological polar surface area (TPSA) is 55.0 Å². The minimum Gasteiger partial charge on any atom is -0.490 e. The van der Waals surface area contributed by atoms with Crippen LogP contribution >= 0.6 is 0 Å². The minimum absolute atomic E-state index is 0.334. The molecular weight excluding hydrogens is 216 g/mol. The van der Waals surface area contributed by atoms with Gasteiger partial charge in [-0.25, -0.2) is 9.78 Å². The Labute approximate surface area is 98.3 Å². The average Bonchev–Trinajstić information content (AvgIpc) is 3.14. The van der Waals surface area contributed by atoms with Crippen molar-refractivity contribution in [2.75, 3.05) is 0 Å². The number of nitrogens with one attached hydrogen (secondary N) is 1. The number of hydrogen-bond acceptors (Lipinski definition) is 3. The summed E-state index contributed by atoms with van der Waals surface area (Å²) in [5.41, 5.74) is 1.54. The van der Waals surface area contributed by atoms with E-state index in [4.69, 9.17) is 4.74 Å². The SMILES string of the molecule is O=c1ncc(-c2cccc(OC3CC3)c2)c[nH]1. The molecule has 0 saturated heterocycles. The number of ether oxygens (including phenoxy) is 1. The Bertz CT molecular complexity index is 567. The normalized spacial score (nSPS) is 14.6. The summed E-state index contributed by atoms with van der Waals surface area (Å²) < 4.78 is 5.72. The van der Waals surface area contributed by atoms with Crippen LogP contribution < -0.4 is 10.4 Å². The zero-order chi connectivity index (χ0) is 11.7. The summed E-state index contributed by atoms with van der Waals surface area (Å²) in [6.45, 7) is 0. The molecule has 1 aliphatic carbocycles. The van der Waals surface area contributed by atoms with Gasteiger partial charge in [-0.3, -0.25) is 0 Å². The number of aromatic amines is 1. The minimum atomic E-state index is -0.334. The van der Waals surface area contributed by atoms with Crippen molar-refractivity contribution in [1.29, 1.82) is 0 Å². The van der Waals surface area contributed by atoms with Gasteiger partial charge in [0, 0.05) is 18.0 Å². The fourth-order valence-corrected chi connectivity index (χ4v) is 1.63. The molecule has 4 nitrogen and oxygen atoms in total. The lowest BCUT2D eigenvalue weighted by Crippen LogP contribution is -2.07. The summed E-state index contributed by atoms with van der Waals surface area (Å²) in [6, 6.07) is 7.82. The molecule has 1 aliphatic rings. The lowest BCUT2D eigenvalue weighted by molar-refractivity contribution is 0.303. The van der Waals surface area contributed by atoms with Crippen LogP contribution in [-0.4, -0.2) is 16.1 Å². The third kappa shape index (κ3) is 2.36. The van der Waals surface area contributed by atoms with E-state index in [-0.39, 0.29) is 5.69 Å². The Hall–Kier alpha value is -2.10. The highest BCUT2D eigenvalue weighted by Gasteiger charge is 2.23. The number of nitrogens with zero attached hydrogens (tertiary/aromatic N) is 1. The second-order valence-corrected chi connectivity index (χ2v) is 4.15. The van der Waals surface area contributed by atoms with Crippen molar-refractivity contribution >= 4 is 0 Å². The zero-order valence-electron chi connectivity index (χ0n) is 9.22. The van der Waals surface area contributed by atoms with E-state index >= 15 is 0 Å². The molecule has 17 heavy (non-hydrogen) atoms. The molecule has 1 saturated carbocycles. The molecule has 1 aromatic carbocycles. The maximum Gasteiger partial charge on any atom is 0.344 e. The quantitative estimate of drug-likeness (QED) is 0.873. The zero-order valence-corrected chi connectivity index (χ0v) is 9.22. The average molecular weight is 228 g/mol. The molecule has 1 fully saturated rings. The van der Waals surface area contributed by atoms with Gasteiger partial charge in [0.05, 0.1) is 6.10 Å². The Morgan fingerprint density at radius 2 is 2.18 bits per heavy atom. The summed E-state index contributed by atoms with van der Waals surface area (Å²) in [7, 11) is 0. The number of rotatable bonds is 3. The highest BCUT2D eigenvalue weighted by atomic mass is 16.5. The lowest BCUT2D eigenvalue weighted by Gasteiger charge is -2.06. The van der Waals surface area contributed by atoms with Gasteiger partial charge in [0.1, 0.15) is 5.75 Å². The van der Waals surface area contributed by atoms with Crippen LogP contribution in [0.5, 0.6) is 5.75 Å². The summed E-state index contributed by atoms with van der Waals surface area (Å²) in [6.07, 6.45) is 5.90. The predicted molar refractivity (Wildman–Crippen MR) is 63.9 cm³/mol. The summed E-state index contributed by atoms with van der Waals surface area (Å²) in [5, 5.41) is 0. The molecule has 0 amide bonds. The van der Waals surface area contributed by atoms with Crippen LogP contribution in [-0.2, 0) is 0 Å². The van der Waals surface area contributed by atoms with Crippen molar-refractivity contribution < 1.29 is 4.74 Å². The number of H-pyrrole nitrogens is 1. The maximum absolute atomic E-state index is 10.9. The fourth-order valence-electron chi connectivity index (χ4n) is 1.63. The van der Waals surface area contributed by atoms with E-state index in [1.54, 1.807) is 12.4 Å². The van der Waals surface area contributed by atoms with Crippen LogP contribution in [0, 0.1) is 0 Å². The van der Waals surface area contributed by atoms with E-state index in [9.17, 15) is 4.79 Å². The highest BCUT2D eigenvalue weighted by molar-refractivity contribution is 5.63. The van der Waals surface area contributed by atoms with Crippen LogP contribution in [0.1, 0.15) is 12.8 Å². The maximum atomic E-state index is 10.9. The molecule has 1 heterocycles. The number of benzene rings is 1. The van der Waals surface area contributed by atoms with Crippen molar-refractivity contribution in [3.63, 3.8) is 0 Å². The smallest absolute Gasteiger partial charge is 0.344 e. The molecule has 4 heteroatoms. The molecule has 3 rings (SSSR count). The summed E-state index contributed by atoms with van der Waals surface area (Å²) in [4.78, 5) is 17.2. The fraction of sp³-hybridized carbons (Fsp3) is 0.231. The largest absolute Gasteiger partial charge is 0.490 e. The van der Waals surface area contributed by atoms with Crippen molar-refractivity contribution in [3.05, 3.63) is 47.1 Å². The first-order valence-electron chi connectivity index (χ1n) is 5.63. The molecule has 0 atom stereocenters. The van der Waals surface area contributed by atoms with E-state index in [0.29, 0.717) is 6.10 Å². The van der Waals surface area contributed by atoms with Crippen LogP contribution in [0.2, 0.25) is 0 Å². The van der Waals surface area contributed by atoms with E-state index in [1.165, 1.54) is 0 Å². The van der Waals surface area contributed by atoms with E-state index in [1.807, 2.05) is 24.3 Å². The van der Waals surface area contributed by atoms with Crippen LogP contribution in [0.25, 0.3) is 11.1 Å². The Morgan fingerprint density at radius 3 is 2.88 bits per heavy atom. The molecule has 2 aromatic rings. The highest BCUT2D eigenvalue weighted by Crippen LogP contribution is 2.29. The van der Waals surface area contributed by atoms with Gasteiger partial charge in [-0.2, -0.15) is 0 Å². The van der Waals surface area contributed by atoms with Gasteiger partial charge in [-0.05, 0) is 30.5 Å². The second kappa shape index (κ2) is 4.05. The van der Waals surface area contributed by atoms with E-state index < -0.39 is 0 Å². The first-order valence-corrected chi connectivity index (χ1v) is 5.63. The molecule has 0 unspecified atom stereocenters. The Morgan fingerprint density at radius 1 is 1.29 bits per heavy atom. The molecule has 0 aliphatic heterocycles. The van der Waals surface area contributed by atoms with Crippen molar-refractivity contribution in [2.24, 2.45) is 0 Å². The monoisotopic (exact) mass is 228 g/mol. The van der Waals surface area contributed by atoms with Gasteiger partial charge >= 0.3 is 5.69 Å². The Kier molecular flexibility index (Phi) is 2.40. The number of aromatic nitrogens is 2. The standard InChI is InChI=1S/C13H12N2O2/c16-13-14-7-10(8-15-13)9-2-1-3-12(6-9)17-11-4-5-11/h1-3,6-8,11H,4-5H2,(H,14,15,16). The predicted octanol–water partition coefficient (Wildman–Crippen LogP) is 1.98. The molecule has 0 spiro atoms. The van der Waals surface area contributed by atoms with Crippen LogP contribution in [0.3, 0.4) is 0 Å². The molecule has 1 aromatic heterocycles. The van der Waals surface area contributed by atoms with Crippen molar-refractivity contribution in [1.82, 2.24) is 9.97 Å². The van der Waals surface area contributed by atoms with E-state index in [2.05, 4.69) is 9.97 Å². The van der Waals surface area contributed by atoms with Gasteiger partial charge in [0.2, 0.25) is 0 Å². The first kappa shape index (κ1) is 10.1. The van der Waals surface area contributed by atoms with Crippen LogP contribution in [0.4, 0.5) is 0 Å². The van der Waals surface area contributed by atoms with E-state index in [0.717, 1.165) is 29.7 Å². The van der Waals surface area contributed by atoms with Gasteiger partial charge in [0.15, 0.2) is 0 Å². The Balaban J connectivity index is 1.90. The van der Waals surface area contributed by atoms with Gasteiger partial charge in [-0.1, -0.05) is 12.1 Å². The number of hydrogen-bond donors (Lipinski definition) is 1. The molecular formula is C13H12N2O2. The van der Waals surface area contributed by atoms with Crippen molar-refractivity contribution in [2.45, 2.75) is 18.9 Å². The molecule has 0 bridgehead atoms. The molecule has 1 N–H and O–H groups in total. The van der Waals surface area contributed by atoms with Gasteiger partial charge < -0.3 is 9.72 Å². The van der Waals surface area contributed by atoms with Gasteiger partial charge in [0.25, 0.3) is 0 Å². The van der Waals surface area contributed by atoms with Crippen molar-refractivity contribution in [3.8, 4) is 16.9 Å². The first-order chi connectivity index (χ1) is 8.31.